The van der Waals surface area contributed by atoms with E-state index in [4.69, 9.17) is 18.9 Å². The number of unbranched alkanes of at least 4 members (excludes halogenated alkanes) is 2. The SMILES string of the molecule is C=CCOCC(COCC(CO)OCCCC)OCCCC. The normalized spacial score (nSPS) is 14.0. The Morgan fingerprint density at radius 2 is 1.45 bits per heavy atom. The molecule has 0 fully saturated rings. The summed E-state index contributed by atoms with van der Waals surface area (Å²) in [7, 11) is 0. The molecule has 1 N–H and O–H groups in total. The molecule has 5 nitrogen and oxygen atoms in total. The Balaban J connectivity index is 3.92. The maximum atomic E-state index is 9.27. The van der Waals surface area contributed by atoms with Crippen LogP contribution in [0.2, 0.25) is 0 Å². The molecule has 0 spiro atoms. The summed E-state index contributed by atoms with van der Waals surface area (Å²) < 4.78 is 22.4. The first-order chi connectivity index (χ1) is 10.8. The highest BCUT2D eigenvalue weighted by Crippen LogP contribution is 2.01. The maximum absolute atomic E-state index is 9.27. The Hall–Kier alpha value is -0.460. The zero-order valence-corrected chi connectivity index (χ0v) is 14.3. The number of aliphatic hydroxyl groups excluding tert-OH is 1. The van der Waals surface area contributed by atoms with E-state index in [0.29, 0.717) is 39.6 Å². The Morgan fingerprint density at radius 1 is 0.909 bits per heavy atom. The summed E-state index contributed by atoms with van der Waals surface area (Å²) in [4.78, 5) is 0. The van der Waals surface area contributed by atoms with Crippen molar-refractivity contribution < 1.29 is 24.1 Å². The van der Waals surface area contributed by atoms with Gasteiger partial charge < -0.3 is 24.1 Å². The fourth-order valence-corrected chi connectivity index (χ4v) is 1.70. The van der Waals surface area contributed by atoms with Crippen molar-refractivity contribution in [3.8, 4) is 0 Å². The molecule has 0 heterocycles. The lowest BCUT2D eigenvalue weighted by Gasteiger charge is -2.20. The van der Waals surface area contributed by atoms with Gasteiger partial charge in [0.1, 0.15) is 12.2 Å². The lowest BCUT2D eigenvalue weighted by Crippen LogP contribution is -2.30. The van der Waals surface area contributed by atoms with Crippen LogP contribution in [0, 0.1) is 0 Å². The molecule has 0 amide bonds. The van der Waals surface area contributed by atoms with Crippen molar-refractivity contribution in [2.75, 3.05) is 46.2 Å². The van der Waals surface area contributed by atoms with Gasteiger partial charge in [-0.1, -0.05) is 32.8 Å². The number of rotatable bonds is 17. The molecule has 0 aromatic heterocycles. The van der Waals surface area contributed by atoms with E-state index in [-0.39, 0.29) is 18.8 Å². The number of aliphatic hydroxyl groups is 1. The summed E-state index contributed by atoms with van der Waals surface area (Å²) in [5.41, 5.74) is 0. The molecule has 0 saturated carbocycles. The lowest BCUT2D eigenvalue weighted by atomic mass is 10.3. The Kier molecular flexibility index (Phi) is 16.5. The summed E-state index contributed by atoms with van der Waals surface area (Å²) in [6.07, 6.45) is 5.55. The van der Waals surface area contributed by atoms with Crippen molar-refractivity contribution in [2.24, 2.45) is 0 Å². The summed E-state index contributed by atoms with van der Waals surface area (Å²) in [5, 5.41) is 9.27. The monoisotopic (exact) mass is 318 g/mol. The van der Waals surface area contributed by atoms with E-state index < -0.39 is 0 Å². The minimum Gasteiger partial charge on any atom is -0.394 e. The second kappa shape index (κ2) is 16.9. The van der Waals surface area contributed by atoms with E-state index in [1.807, 2.05) is 0 Å². The second-order valence-electron chi connectivity index (χ2n) is 5.24. The molecule has 0 rings (SSSR count). The van der Waals surface area contributed by atoms with E-state index in [1.54, 1.807) is 6.08 Å². The average molecular weight is 318 g/mol. The third kappa shape index (κ3) is 13.2. The topological polar surface area (TPSA) is 57.2 Å². The van der Waals surface area contributed by atoms with Gasteiger partial charge in [-0.2, -0.15) is 0 Å². The van der Waals surface area contributed by atoms with E-state index in [2.05, 4.69) is 20.4 Å². The fourth-order valence-electron chi connectivity index (χ4n) is 1.70. The van der Waals surface area contributed by atoms with Crippen molar-refractivity contribution in [3.05, 3.63) is 12.7 Å². The van der Waals surface area contributed by atoms with Crippen LogP contribution in [0.3, 0.4) is 0 Å². The highest BCUT2D eigenvalue weighted by atomic mass is 16.6. The Morgan fingerprint density at radius 3 is 2.00 bits per heavy atom. The first-order valence-corrected chi connectivity index (χ1v) is 8.38. The van der Waals surface area contributed by atoms with Gasteiger partial charge in [0.15, 0.2) is 0 Å². The van der Waals surface area contributed by atoms with Crippen molar-refractivity contribution >= 4 is 0 Å². The molecule has 2 atom stereocenters. The van der Waals surface area contributed by atoms with Crippen LogP contribution in [0.25, 0.3) is 0 Å². The summed E-state index contributed by atoms with van der Waals surface area (Å²) in [5.74, 6) is 0. The van der Waals surface area contributed by atoms with Crippen LogP contribution in [0.4, 0.5) is 0 Å². The van der Waals surface area contributed by atoms with Crippen molar-refractivity contribution in [2.45, 2.75) is 51.7 Å². The van der Waals surface area contributed by atoms with Gasteiger partial charge in [0.2, 0.25) is 0 Å². The molecule has 0 aliphatic rings. The highest BCUT2D eigenvalue weighted by Gasteiger charge is 2.13. The van der Waals surface area contributed by atoms with Crippen molar-refractivity contribution in [1.82, 2.24) is 0 Å². The second-order valence-corrected chi connectivity index (χ2v) is 5.24. The minimum atomic E-state index is -0.267. The molecule has 0 aromatic carbocycles. The molecule has 0 radical (unpaired) electrons. The molecular weight excluding hydrogens is 284 g/mol. The van der Waals surface area contributed by atoms with E-state index in [1.165, 1.54) is 0 Å². The van der Waals surface area contributed by atoms with E-state index in [9.17, 15) is 5.11 Å². The van der Waals surface area contributed by atoms with Crippen molar-refractivity contribution in [1.29, 1.82) is 0 Å². The molecular formula is C17H34O5. The predicted molar refractivity (Wildman–Crippen MR) is 88.2 cm³/mol. The predicted octanol–water partition coefficient (Wildman–Crippen LogP) is 2.57. The van der Waals surface area contributed by atoms with Crippen LogP contribution < -0.4 is 0 Å². The quantitative estimate of drug-likeness (QED) is 0.330. The molecule has 132 valence electrons. The van der Waals surface area contributed by atoms with Crippen LogP contribution in [-0.2, 0) is 18.9 Å². The molecule has 0 aliphatic heterocycles. The third-order valence-corrected chi connectivity index (χ3v) is 3.05. The van der Waals surface area contributed by atoms with E-state index in [0.717, 1.165) is 25.7 Å². The summed E-state index contributed by atoms with van der Waals surface area (Å²) in [6, 6.07) is 0. The van der Waals surface area contributed by atoms with Gasteiger partial charge in [-0.3, -0.25) is 0 Å². The number of ether oxygens (including phenoxy) is 4. The molecule has 0 saturated heterocycles. The van der Waals surface area contributed by atoms with E-state index >= 15 is 0 Å². The maximum Gasteiger partial charge on any atom is 0.104 e. The summed E-state index contributed by atoms with van der Waals surface area (Å²) in [6.45, 7) is 11.0. The summed E-state index contributed by atoms with van der Waals surface area (Å²) >= 11 is 0. The molecule has 0 bridgehead atoms. The average Bonchev–Trinajstić information content (AvgIpc) is 2.53. The van der Waals surface area contributed by atoms with Crippen LogP contribution in [-0.4, -0.2) is 63.6 Å². The van der Waals surface area contributed by atoms with Crippen LogP contribution in [0.5, 0.6) is 0 Å². The van der Waals surface area contributed by atoms with Gasteiger partial charge in [0.05, 0.1) is 33.0 Å². The van der Waals surface area contributed by atoms with Gasteiger partial charge in [-0.05, 0) is 12.8 Å². The Bertz CT molecular complexity index is 235. The molecule has 2 unspecified atom stereocenters. The third-order valence-electron chi connectivity index (χ3n) is 3.05. The number of hydrogen-bond acceptors (Lipinski definition) is 5. The van der Waals surface area contributed by atoms with Crippen LogP contribution >= 0.6 is 0 Å². The van der Waals surface area contributed by atoms with Crippen LogP contribution in [0.1, 0.15) is 39.5 Å². The first-order valence-electron chi connectivity index (χ1n) is 8.38. The van der Waals surface area contributed by atoms with Gasteiger partial charge in [-0.15, -0.1) is 6.58 Å². The number of hydrogen-bond donors (Lipinski definition) is 1. The highest BCUT2D eigenvalue weighted by molar-refractivity contribution is 4.65. The standard InChI is InChI=1S/C17H34O5/c1-4-7-10-21-16(12-18)13-20-15-17(14-19-9-6-3)22-11-8-5-2/h6,16-18H,3-5,7-15H2,1-2H3. The largest absolute Gasteiger partial charge is 0.394 e. The van der Waals surface area contributed by atoms with Crippen molar-refractivity contribution in [3.63, 3.8) is 0 Å². The molecule has 22 heavy (non-hydrogen) atoms. The lowest BCUT2D eigenvalue weighted by molar-refractivity contribution is -0.0873. The molecule has 0 aromatic rings. The zero-order valence-electron chi connectivity index (χ0n) is 14.3. The smallest absolute Gasteiger partial charge is 0.104 e. The molecule has 5 heteroatoms. The zero-order chi connectivity index (χ0) is 16.5. The van der Waals surface area contributed by atoms with Gasteiger partial charge in [0.25, 0.3) is 0 Å². The van der Waals surface area contributed by atoms with Gasteiger partial charge >= 0.3 is 0 Å². The van der Waals surface area contributed by atoms with Gasteiger partial charge in [-0.25, -0.2) is 0 Å². The van der Waals surface area contributed by atoms with Gasteiger partial charge in [0, 0.05) is 13.2 Å². The molecule has 0 aliphatic carbocycles. The minimum absolute atomic E-state index is 0.0297. The Labute approximate surface area is 135 Å². The van der Waals surface area contributed by atoms with Crippen LogP contribution in [0.15, 0.2) is 12.7 Å². The fraction of sp³-hybridized carbons (Fsp3) is 0.882. The first kappa shape index (κ1) is 21.5.